The lowest BCUT2D eigenvalue weighted by Crippen LogP contribution is -2.46. The normalized spacial score (nSPS) is 14.1. The van der Waals surface area contributed by atoms with Gasteiger partial charge in [-0.25, -0.2) is 4.99 Å². The van der Waals surface area contributed by atoms with Crippen molar-refractivity contribution in [2.24, 2.45) is 16.1 Å². The van der Waals surface area contributed by atoms with Crippen LogP contribution in [0.1, 0.15) is 32.7 Å². The summed E-state index contributed by atoms with van der Waals surface area (Å²) in [6, 6.07) is 42.3. The molecule has 2 aliphatic rings. The van der Waals surface area contributed by atoms with E-state index in [0.29, 0.717) is 46.1 Å². The van der Waals surface area contributed by atoms with Crippen LogP contribution in [-0.2, 0) is 70.0 Å². The average molecular weight is 952 g/mol. The molecule has 0 spiro atoms. The number of nitriles is 3. The lowest BCUT2D eigenvalue weighted by atomic mass is 9.75. The molecule has 0 amide bonds. The summed E-state index contributed by atoms with van der Waals surface area (Å²) in [6.45, 7) is -1.16. The van der Waals surface area contributed by atoms with E-state index in [1.54, 1.807) is 140 Å². The maximum atomic E-state index is 15.6. The Morgan fingerprint density at radius 3 is 1.44 bits per heavy atom. The number of esters is 4. The second-order valence-corrected chi connectivity index (χ2v) is 18.5. The predicted molar refractivity (Wildman–Crippen MR) is 255 cm³/mol. The number of fused-ring (bicyclic) bond motifs is 6. The zero-order valence-electron chi connectivity index (χ0n) is 35.5. The van der Waals surface area contributed by atoms with Crippen molar-refractivity contribution in [1.29, 1.82) is 15.8 Å². The van der Waals surface area contributed by atoms with Gasteiger partial charge in [0.05, 0.1) is 14.1 Å². The van der Waals surface area contributed by atoms with Crippen LogP contribution in [0.3, 0.4) is 0 Å². The van der Waals surface area contributed by atoms with E-state index in [2.05, 4.69) is 4.99 Å². The molecule has 4 aromatic carbocycles. The number of ether oxygens (including phenoxy) is 4. The van der Waals surface area contributed by atoms with Gasteiger partial charge in [-0.3, -0.25) is 19.2 Å². The highest BCUT2D eigenvalue weighted by molar-refractivity contribution is 7.40. The van der Waals surface area contributed by atoms with Crippen LogP contribution >= 0.6 is 34.0 Å². The first-order valence-electron chi connectivity index (χ1n) is 20.7. The molecule has 3 aromatic heterocycles. The summed E-state index contributed by atoms with van der Waals surface area (Å²) in [7, 11) is 0. The monoisotopic (exact) mass is 951 g/mol. The Morgan fingerprint density at radius 1 is 0.574 bits per heavy atom. The van der Waals surface area contributed by atoms with Crippen LogP contribution in [0, 0.1) is 39.4 Å². The average Bonchev–Trinajstić information content (AvgIpc) is 4.17. The van der Waals surface area contributed by atoms with Gasteiger partial charge in [-0.05, 0) is 45.5 Å². The predicted octanol–water partition coefficient (Wildman–Crippen LogP) is 9.57. The van der Waals surface area contributed by atoms with Crippen molar-refractivity contribution in [2.45, 2.75) is 31.8 Å². The molecule has 0 fully saturated rings. The largest absolute Gasteiger partial charge is 0.459 e. The Morgan fingerprint density at radius 2 is 1.01 bits per heavy atom. The molecule has 0 bridgehead atoms. The van der Waals surface area contributed by atoms with Crippen LogP contribution in [0.4, 0.5) is 5.00 Å². The summed E-state index contributed by atoms with van der Waals surface area (Å²) >= 11 is 3.48. The zero-order valence-corrected chi connectivity index (χ0v) is 37.9. The standard InChI is InChI=1S/C52H33N5O8S3/c53-24-36(56)21-35-22-38-41(51(35,47(58)62-27-31-13-5-1-6-14-31)48(59)63-28-32-15-7-2-8-16-32)44-42(45-46(68-44)43-39(66-45)23-40(67-43)57-37(25-54)26-55)52(38,49(60)64-29-33-17-9-3-10-18-33)50(61)65-30-34-19-11-4-12-20-34/h1-23H,27-30,56H2/b36-21-. The number of carbonyl (C=O) groups excluding carboxylic acids is 4. The van der Waals surface area contributed by atoms with Gasteiger partial charge in [-0.15, -0.1) is 34.0 Å². The molecule has 16 heteroatoms. The van der Waals surface area contributed by atoms with Crippen molar-refractivity contribution >= 4 is 93.0 Å². The van der Waals surface area contributed by atoms with E-state index in [0.717, 1.165) is 17.4 Å². The molecule has 332 valence electrons. The second-order valence-electron chi connectivity index (χ2n) is 15.4. The number of nitrogens with zero attached hydrogens (tertiary/aromatic N) is 4. The van der Waals surface area contributed by atoms with Gasteiger partial charge in [0, 0.05) is 20.7 Å². The van der Waals surface area contributed by atoms with Gasteiger partial charge in [-0.2, -0.15) is 15.8 Å². The van der Waals surface area contributed by atoms with Crippen molar-refractivity contribution in [1.82, 2.24) is 0 Å². The summed E-state index contributed by atoms with van der Waals surface area (Å²) in [5, 5.41) is 29.4. The van der Waals surface area contributed by atoms with Crippen LogP contribution in [0.15, 0.2) is 161 Å². The van der Waals surface area contributed by atoms with Gasteiger partial charge < -0.3 is 24.7 Å². The minimum Gasteiger partial charge on any atom is -0.459 e. The molecule has 68 heavy (non-hydrogen) atoms. The van der Waals surface area contributed by atoms with Crippen LogP contribution in [0.2, 0.25) is 0 Å². The quantitative estimate of drug-likeness (QED) is 0.0355. The van der Waals surface area contributed by atoms with Gasteiger partial charge in [0.2, 0.25) is 16.5 Å². The number of thiophene rings is 3. The van der Waals surface area contributed by atoms with Crippen LogP contribution in [0.25, 0.3) is 24.4 Å². The van der Waals surface area contributed by atoms with E-state index in [1.165, 1.54) is 28.7 Å². The second kappa shape index (κ2) is 18.8. The Hall–Kier alpha value is -8.46. The van der Waals surface area contributed by atoms with Gasteiger partial charge in [-0.1, -0.05) is 127 Å². The fourth-order valence-corrected chi connectivity index (χ4v) is 12.6. The van der Waals surface area contributed by atoms with E-state index >= 15 is 19.2 Å². The highest BCUT2D eigenvalue weighted by atomic mass is 32.1. The van der Waals surface area contributed by atoms with Crippen molar-refractivity contribution in [3.8, 4) is 18.2 Å². The molecule has 3 heterocycles. The molecule has 0 atom stereocenters. The van der Waals surface area contributed by atoms with Crippen LogP contribution in [0.5, 0.6) is 0 Å². The lowest BCUT2D eigenvalue weighted by molar-refractivity contribution is -0.167. The first-order chi connectivity index (χ1) is 33.1. The molecule has 2 N–H and O–H groups in total. The van der Waals surface area contributed by atoms with E-state index in [1.807, 2.05) is 6.07 Å². The van der Waals surface area contributed by atoms with E-state index in [9.17, 15) is 15.8 Å². The summed E-state index contributed by atoms with van der Waals surface area (Å²) in [4.78, 5) is 66.6. The number of rotatable bonds is 14. The number of allylic oxidation sites excluding steroid dienone is 3. The number of nitrogens with two attached hydrogens (primary N) is 1. The molecular weight excluding hydrogens is 919 g/mol. The topological polar surface area (TPSA) is 215 Å². The maximum Gasteiger partial charge on any atom is 0.333 e. The van der Waals surface area contributed by atoms with Gasteiger partial charge in [0.1, 0.15) is 55.3 Å². The van der Waals surface area contributed by atoms with Crippen LogP contribution < -0.4 is 5.73 Å². The summed E-state index contributed by atoms with van der Waals surface area (Å²) in [6.07, 6.45) is 2.48. The van der Waals surface area contributed by atoms with Crippen molar-refractivity contribution in [3.63, 3.8) is 0 Å². The summed E-state index contributed by atoms with van der Waals surface area (Å²) in [5.74, 6) is -4.41. The number of carbonyl (C=O) groups is 4. The Kier molecular flexibility index (Phi) is 12.4. The zero-order chi connectivity index (χ0) is 47.4. The molecule has 0 saturated heterocycles. The Bertz CT molecular complexity index is 3300. The van der Waals surface area contributed by atoms with Crippen molar-refractivity contribution in [3.05, 3.63) is 189 Å². The molecule has 0 aliphatic heterocycles. The Labute approximate surface area is 400 Å². The maximum absolute atomic E-state index is 15.6. The third kappa shape index (κ3) is 7.80. The molecule has 0 saturated carbocycles. The Balaban J connectivity index is 1.34. The highest BCUT2D eigenvalue weighted by Gasteiger charge is 2.70. The molecule has 13 nitrogen and oxygen atoms in total. The number of hydrogen-bond acceptors (Lipinski definition) is 16. The lowest BCUT2D eigenvalue weighted by Gasteiger charge is -2.30. The number of hydrogen-bond donors (Lipinski definition) is 1. The third-order valence-electron chi connectivity index (χ3n) is 11.3. The van der Waals surface area contributed by atoms with Crippen molar-refractivity contribution < 1.29 is 38.1 Å². The molecule has 9 rings (SSSR count). The van der Waals surface area contributed by atoms with Gasteiger partial charge >= 0.3 is 23.9 Å². The molecule has 7 aromatic rings. The molecule has 0 unspecified atom stereocenters. The smallest absolute Gasteiger partial charge is 0.333 e. The number of benzene rings is 4. The summed E-state index contributed by atoms with van der Waals surface area (Å²) < 4.78 is 26.8. The van der Waals surface area contributed by atoms with E-state index < -0.39 is 40.4 Å². The van der Waals surface area contributed by atoms with Crippen LogP contribution in [-0.4, -0.2) is 29.6 Å². The van der Waals surface area contributed by atoms with Crippen molar-refractivity contribution in [2.75, 3.05) is 0 Å². The SMILES string of the molecule is N#CC(C#N)=Nc1cc2sc3c4c(sc3c2s1)C1=C(C=C(/C=C(\N)C#N)C1(C(=O)OCc1ccccc1)C(=O)OCc1ccccc1)C4(C(=O)OCc1ccccc1)C(=O)OCc1ccccc1. The fourth-order valence-electron chi connectivity index (χ4n) is 8.24. The van der Waals surface area contributed by atoms with E-state index in [4.69, 9.17) is 24.7 Å². The van der Waals surface area contributed by atoms with E-state index in [-0.39, 0.29) is 59.3 Å². The first-order valence-corrected chi connectivity index (χ1v) is 23.2. The number of aliphatic imine (C=N–C) groups is 1. The minimum absolute atomic E-state index is 0.107. The first kappa shape index (κ1) is 44.7. The minimum atomic E-state index is -2.61. The third-order valence-corrected chi connectivity index (χ3v) is 15.1. The molecular formula is C52H33N5O8S3. The van der Waals surface area contributed by atoms with Gasteiger partial charge in [0.25, 0.3) is 0 Å². The van der Waals surface area contributed by atoms with Gasteiger partial charge in [0.15, 0.2) is 0 Å². The molecule has 2 aliphatic carbocycles. The fraction of sp³-hybridized carbons (Fsp3) is 0.115. The highest BCUT2D eigenvalue weighted by Crippen LogP contribution is 2.67. The molecule has 0 radical (unpaired) electrons. The summed E-state index contributed by atoms with van der Waals surface area (Å²) in [5.41, 5.74) is 2.38.